The molecule has 2 aliphatic heterocycles. The second kappa shape index (κ2) is 7.86. The highest BCUT2D eigenvalue weighted by Crippen LogP contribution is 2.47. The topological polar surface area (TPSA) is 121 Å². The molecule has 1 atom stereocenters. The summed E-state index contributed by atoms with van der Waals surface area (Å²) in [4.78, 5) is 40.5. The zero-order valence-electron chi connectivity index (χ0n) is 17.7. The number of nitrogens with one attached hydrogen (secondary N) is 2. The molecule has 3 heterocycles. The number of ether oxygens (including phenoxy) is 4. The van der Waals surface area contributed by atoms with E-state index in [1.54, 1.807) is 12.1 Å². The highest BCUT2D eigenvalue weighted by molar-refractivity contribution is 5.97. The van der Waals surface area contributed by atoms with Crippen LogP contribution in [-0.2, 0) is 16.1 Å². The van der Waals surface area contributed by atoms with Gasteiger partial charge in [-0.3, -0.25) is 14.3 Å². The summed E-state index contributed by atoms with van der Waals surface area (Å²) in [5, 5.41) is 3.09. The van der Waals surface area contributed by atoms with E-state index >= 15 is 0 Å². The number of rotatable bonds is 6. The number of benzene rings is 1. The zero-order valence-corrected chi connectivity index (χ0v) is 17.7. The van der Waals surface area contributed by atoms with E-state index in [1.807, 2.05) is 6.92 Å². The molecule has 31 heavy (non-hydrogen) atoms. The molecule has 10 heteroatoms. The molecule has 0 spiro atoms. The Hall–Kier alpha value is -3.69. The summed E-state index contributed by atoms with van der Waals surface area (Å²) in [7, 11) is 4.46. The Kier molecular flexibility index (Phi) is 5.22. The number of fused-ring (bicyclic) bond motifs is 1. The standard InChI is InChI=1S/C21H23N3O7/c1-5-6-24-18-16(19(25)23-21(24)27)14(15-11(22-18)9-31-20(15)26)10-7-12(28-2)17(30-4)13(8-10)29-3/h7-8,14,22H,5-6,9H2,1-4H3,(H,23,25,27). The minimum atomic E-state index is -0.789. The van der Waals surface area contributed by atoms with Gasteiger partial charge in [0.25, 0.3) is 5.56 Å². The van der Waals surface area contributed by atoms with Crippen molar-refractivity contribution in [3.8, 4) is 17.2 Å². The molecule has 0 bridgehead atoms. The minimum absolute atomic E-state index is 0.0294. The number of anilines is 1. The molecular formula is C21H23N3O7. The molecule has 0 saturated carbocycles. The maximum Gasteiger partial charge on any atom is 0.337 e. The third kappa shape index (κ3) is 3.15. The minimum Gasteiger partial charge on any atom is -0.493 e. The molecule has 2 aromatic rings. The van der Waals surface area contributed by atoms with Crippen LogP contribution in [0.1, 0.15) is 30.4 Å². The average Bonchev–Trinajstić information content (AvgIpc) is 3.14. The van der Waals surface area contributed by atoms with Gasteiger partial charge in [0.05, 0.1) is 44.1 Å². The molecule has 1 aromatic heterocycles. The number of carbonyl (C=O) groups excluding carboxylic acids is 1. The first kappa shape index (κ1) is 20.6. The molecule has 1 unspecified atom stereocenters. The van der Waals surface area contributed by atoms with E-state index in [0.29, 0.717) is 52.9 Å². The monoisotopic (exact) mass is 429 g/mol. The lowest BCUT2D eigenvalue weighted by Gasteiger charge is -2.28. The number of H-pyrrole nitrogens is 1. The number of hydrogen-bond acceptors (Lipinski definition) is 8. The van der Waals surface area contributed by atoms with Crippen LogP contribution in [0.4, 0.5) is 5.82 Å². The number of aromatic amines is 1. The molecule has 0 radical (unpaired) electrons. The summed E-state index contributed by atoms with van der Waals surface area (Å²) in [5.41, 5.74) is 0.552. The molecule has 0 saturated heterocycles. The van der Waals surface area contributed by atoms with Crippen molar-refractivity contribution in [2.75, 3.05) is 33.3 Å². The average molecular weight is 429 g/mol. The van der Waals surface area contributed by atoms with E-state index in [0.717, 1.165) is 0 Å². The number of carbonyl (C=O) groups is 1. The predicted molar refractivity (Wildman–Crippen MR) is 111 cm³/mol. The fourth-order valence-corrected chi connectivity index (χ4v) is 4.13. The molecule has 4 rings (SSSR count). The fourth-order valence-electron chi connectivity index (χ4n) is 4.13. The van der Waals surface area contributed by atoms with Gasteiger partial charge in [0, 0.05) is 6.54 Å². The SMILES string of the molecule is CCCn1c2c(c(=O)[nH]c1=O)C(c1cc(OC)c(OC)c(OC)c1)C1=C(COC1=O)N2. The van der Waals surface area contributed by atoms with E-state index < -0.39 is 23.1 Å². The van der Waals surface area contributed by atoms with Crippen LogP contribution in [0.15, 0.2) is 33.0 Å². The van der Waals surface area contributed by atoms with Gasteiger partial charge in [0.2, 0.25) is 5.75 Å². The van der Waals surface area contributed by atoms with Crippen molar-refractivity contribution in [1.82, 2.24) is 9.55 Å². The molecule has 2 N–H and O–H groups in total. The van der Waals surface area contributed by atoms with Crippen LogP contribution in [-0.4, -0.2) is 43.5 Å². The van der Waals surface area contributed by atoms with E-state index in [2.05, 4.69) is 10.3 Å². The molecule has 164 valence electrons. The molecule has 2 aliphatic rings. The lowest BCUT2D eigenvalue weighted by atomic mass is 9.82. The number of cyclic esters (lactones) is 1. The van der Waals surface area contributed by atoms with Crippen LogP contribution < -0.4 is 30.8 Å². The predicted octanol–water partition coefficient (Wildman–Crippen LogP) is 1.34. The largest absolute Gasteiger partial charge is 0.493 e. The van der Waals surface area contributed by atoms with Gasteiger partial charge in [-0.25, -0.2) is 9.59 Å². The van der Waals surface area contributed by atoms with Gasteiger partial charge in [-0.05, 0) is 24.1 Å². The van der Waals surface area contributed by atoms with Crippen molar-refractivity contribution >= 4 is 11.8 Å². The Labute approximate surface area is 177 Å². The molecule has 0 aliphatic carbocycles. The molecule has 0 fully saturated rings. The van der Waals surface area contributed by atoms with Crippen LogP contribution in [0, 0.1) is 0 Å². The summed E-state index contributed by atoms with van der Waals surface area (Å²) in [6, 6.07) is 3.37. The third-order valence-electron chi connectivity index (χ3n) is 5.44. The van der Waals surface area contributed by atoms with E-state index in [9.17, 15) is 14.4 Å². The van der Waals surface area contributed by atoms with Gasteiger partial charge in [-0.1, -0.05) is 6.92 Å². The van der Waals surface area contributed by atoms with Gasteiger partial charge in [-0.2, -0.15) is 0 Å². The second-order valence-corrected chi connectivity index (χ2v) is 7.16. The summed E-state index contributed by atoms with van der Waals surface area (Å²) < 4.78 is 23.0. The molecule has 0 amide bonds. The van der Waals surface area contributed by atoms with Crippen molar-refractivity contribution < 1.29 is 23.7 Å². The maximum atomic E-state index is 13.0. The van der Waals surface area contributed by atoms with Crippen molar-refractivity contribution in [3.05, 3.63) is 55.4 Å². The Bertz CT molecular complexity index is 1180. The van der Waals surface area contributed by atoms with E-state index in [1.165, 1.54) is 25.9 Å². The highest BCUT2D eigenvalue weighted by Gasteiger charge is 2.42. The normalized spacial score (nSPS) is 16.9. The first-order chi connectivity index (χ1) is 14.9. The number of methoxy groups -OCH3 is 3. The Morgan fingerprint density at radius 2 is 1.77 bits per heavy atom. The number of nitrogens with zero attached hydrogens (tertiary/aromatic N) is 1. The molecular weight excluding hydrogens is 406 g/mol. The smallest absolute Gasteiger partial charge is 0.337 e. The maximum absolute atomic E-state index is 13.0. The molecule has 10 nitrogen and oxygen atoms in total. The van der Waals surface area contributed by atoms with Crippen LogP contribution in [0.5, 0.6) is 17.2 Å². The Morgan fingerprint density at radius 1 is 1.10 bits per heavy atom. The second-order valence-electron chi connectivity index (χ2n) is 7.16. The van der Waals surface area contributed by atoms with Crippen LogP contribution >= 0.6 is 0 Å². The summed E-state index contributed by atoms with van der Waals surface area (Å²) in [5.74, 6) is 0.178. The first-order valence-corrected chi connectivity index (χ1v) is 9.79. The van der Waals surface area contributed by atoms with Gasteiger partial charge >= 0.3 is 11.7 Å². The van der Waals surface area contributed by atoms with E-state index in [-0.39, 0.29) is 12.2 Å². The zero-order chi connectivity index (χ0) is 22.3. The number of hydrogen-bond donors (Lipinski definition) is 2. The van der Waals surface area contributed by atoms with Gasteiger partial charge in [0.15, 0.2) is 11.5 Å². The van der Waals surface area contributed by atoms with Gasteiger partial charge in [-0.15, -0.1) is 0 Å². The fraction of sp³-hybridized carbons (Fsp3) is 0.381. The quantitative estimate of drug-likeness (QED) is 0.660. The Morgan fingerprint density at radius 3 is 2.35 bits per heavy atom. The summed E-state index contributed by atoms with van der Waals surface area (Å²) in [6.07, 6.45) is 0.677. The number of aromatic nitrogens is 2. The summed E-state index contributed by atoms with van der Waals surface area (Å²) >= 11 is 0. The van der Waals surface area contributed by atoms with E-state index in [4.69, 9.17) is 18.9 Å². The lowest BCUT2D eigenvalue weighted by molar-refractivity contribution is -0.136. The van der Waals surface area contributed by atoms with Crippen molar-refractivity contribution in [2.45, 2.75) is 25.8 Å². The lowest BCUT2D eigenvalue weighted by Crippen LogP contribution is -2.38. The van der Waals surface area contributed by atoms with Crippen molar-refractivity contribution in [2.24, 2.45) is 0 Å². The molecule has 1 aromatic carbocycles. The Balaban J connectivity index is 2.05. The highest BCUT2D eigenvalue weighted by atomic mass is 16.5. The van der Waals surface area contributed by atoms with Crippen LogP contribution in [0.25, 0.3) is 0 Å². The van der Waals surface area contributed by atoms with Crippen LogP contribution in [0.3, 0.4) is 0 Å². The first-order valence-electron chi connectivity index (χ1n) is 9.79. The third-order valence-corrected chi connectivity index (χ3v) is 5.44. The number of esters is 1. The van der Waals surface area contributed by atoms with Gasteiger partial charge < -0.3 is 24.3 Å². The van der Waals surface area contributed by atoms with Crippen molar-refractivity contribution in [3.63, 3.8) is 0 Å². The van der Waals surface area contributed by atoms with Crippen LogP contribution in [0.2, 0.25) is 0 Å². The summed E-state index contributed by atoms with van der Waals surface area (Å²) in [6.45, 7) is 2.35. The van der Waals surface area contributed by atoms with Gasteiger partial charge in [0.1, 0.15) is 12.4 Å². The van der Waals surface area contributed by atoms with Crippen molar-refractivity contribution in [1.29, 1.82) is 0 Å².